The normalized spacial score (nSPS) is 10.2. The van der Waals surface area contributed by atoms with Crippen LogP contribution in [-0.2, 0) is 9.53 Å². The molecule has 1 aromatic heterocycles. The molecular weight excluding hydrogens is 296 g/mol. The van der Waals surface area contributed by atoms with Crippen LogP contribution in [0.25, 0.3) is 0 Å². The van der Waals surface area contributed by atoms with Gasteiger partial charge in [-0.25, -0.2) is 4.98 Å². The van der Waals surface area contributed by atoms with Gasteiger partial charge in [0, 0.05) is 19.3 Å². The summed E-state index contributed by atoms with van der Waals surface area (Å²) in [6, 6.07) is 1.55. The molecule has 7 nitrogen and oxygen atoms in total. The number of rotatable bonds is 9. The summed E-state index contributed by atoms with van der Waals surface area (Å²) in [5, 5.41) is 6.08. The number of amides is 2. The van der Waals surface area contributed by atoms with Crippen LogP contribution in [0.5, 0.6) is 0 Å². The third-order valence-corrected chi connectivity index (χ3v) is 2.71. The zero-order chi connectivity index (χ0) is 15.7. The first-order valence-corrected chi connectivity index (χ1v) is 6.96. The summed E-state index contributed by atoms with van der Waals surface area (Å²) in [5.41, 5.74) is 5.27. The molecule has 0 aliphatic rings. The van der Waals surface area contributed by atoms with Gasteiger partial charge in [0.25, 0.3) is 5.91 Å². The van der Waals surface area contributed by atoms with Crippen LogP contribution in [0.4, 0.5) is 5.82 Å². The van der Waals surface area contributed by atoms with Gasteiger partial charge in [-0.2, -0.15) is 0 Å². The van der Waals surface area contributed by atoms with Gasteiger partial charge in [0.1, 0.15) is 12.4 Å². The molecule has 8 heteroatoms. The van der Waals surface area contributed by atoms with Crippen molar-refractivity contribution >= 4 is 29.2 Å². The van der Waals surface area contributed by atoms with Crippen molar-refractivity contribution in [1.82, 2.24) is 10.3 Å². The third-order valence-electron chi connectivity index (χ3n) is 2.42. The second kappa shape index (κ2) is 9.15. The zero-order valence-electron chi connectivity index (χ0n) is 11.8. The number of pyridine rings is 1. The quantitative estimate of drug-likeness (QED) is 0.584. The van der Waals surface area contributed by atoms with Crippen LogP contribution < -0.4 is 16.4 Å². The second-order valence-electron chi connectivity index (χ2n) is 4.26. The molecule has 1 aromatic rings. The highest BCUT2D eigenvalue weighted by atomic mass is 35.5. The number of hydrogen-bond acceptors (Lipinski definition) is 5. The molecule has 0 radical (unpaired) electrons. The lowest BCUT2D eigenvalue weighted by atomic mass is 10.2. The fourth-order valence-corrected chi connectivity index (χ4v) is 1.68. The summed E-state index contributed by atoms with van der Waals surface area (Å²) in [7, 11) is 0. The van der Waals surface area contributed by atoms with Crippen molar-refractivity contribution in [1.29, 1.82) is 0 Å². The van der Waals surface area contributed by atoms with Crippen molar-refractivity contribution in [3.63, 3.8) is 0 Å². The minimum absolute atomic E-state index is 0.166. The molecule has 0 aromatic carbocycles. The highest BCUT2D eigenvalue weighted by Crippen LogP contribution is 2.19. The lowest BCUT2D eigenvalue weighted by Gasteiger charge is -2.08. The fourth-order valence-electron chi connectivity index (χ4n) is 1.45. The smallest absolute Gasteiger partial charge is 0.252 e. The number of aromatic nitrogens is 1. The Morgan fingerprint density at radius 3 is 2.81 bits per heavy atom. The molecule has 0 saturated heterocycles. The van der Waals surface area contributed by atoms with E-state index in [0.29, 0.717) is 16.4 Å². The largest absolute Gasteiger partial charge is 0.370 e. The van der Waals surface area contributed by atoms with E-state index in [1.165, 1.54) is 6.20 Å². The Morgan fingerprint density at radius 2 is 2.19 bits per heavy atom. The Balaban J connectivity index is 2.43. The molecule has 0 fully saturated rings. The molecule has 1 rings (SSSR count). The lowest BCUT2D eigenvalue weighted by Crippen LogP contribution is -2.29. The van der Waals surface area contributed by atoms with E-state index in [1.54, 1.807) is 6.07 Å². The van der Waals surface area contributed by atoms with Gasteiger partial charge in [-0.1, -0.05) is 18.5 Å². The van der Waals surface area contributed by atoms with Crippen LogP contribution in [0, 0.1) is 0 Å². The summed E-state index contributed by atoms with van der Waals surface area (Å²) < 4.78 is 4.93. The van der Waals surface area contributed by atoms with Crippen LogP contribution in [-0.4, -0.2) is 43.1 Å². The summed E-state index contributed by atoms with van der Waals surface area (Å²) >= 11 is 6.05. The molecule has 116 valence electrons. The second-order valence-corrected chi connectivity index (χ2v) is 4.66. The van der Waals surface area contributed by atoms with Gasteiger partial charge < -0.3 is 21.1 Å². The first-order chi connectivity index (χ1) is 10.0. The van der Waals surface area contributed by atoms with Crippen molar-refractivity contribution < 1.29 is 14.3 Å². The van der Waals surface area contributed by atoms with Gasteiger partial charge in [-0.05, 0) is 12.5 Å². The van der Waals surface area contributed by atoms with E-state index >= 15 is 0 Å². The van der Waals surface area contributed by atoms with E-state index in [2.05, 4.69) is 15.6 Å². The van der Waals surface area contributed by atoms with E-state index in [1.807, 2.05) is 6.92 Å². The van der Waals surface area contributed by atoms with Crippen molar-refractivity contribution in [2.45, 2.75) is 13.3 Å². The number of carbonyl (C=O) groups is 2. The van der Waals surface area contributed by atoms with Gasteiger partial charge in [-0.15, -0.1) is 0 Å². The van der Waals surface area contributed by atoms with Gasteiger partial charge in [0.15, 0.2) is 0 Å². The predicted octanol–water partition coefficient (Wildman–Crippen LogP) is 0.789. The first-order valence-electron chi connectivity index (χ1n) is 6.58. The highest BCUT2D eigenvalue weighted by Gasteiger charge is 2.09. The molecule has 2 amide bonds. The number of nitrogens with two attached hydrogens (primary N) is 1. The number of ether oxygens (including phenoxy) is 1. The maximum absolute atomic E-state index is 11.8. The molecule has 0 atom stereocenters. The molecule has 0 saturated carbocycles. The van der Waals surface area contributed by atoms with Crippen molar-refractivity contribution in [3.8, 4) is 0 Å². The van der Waals surface area contributed by atoms with Crippen LogP contribution in [0.15, 0.2) is 12.3 Å². The summed E-state index contributed by atoms with van der Waals surface area (Å²) in [4.78, 5) is 26.4. The van der Waals surface area contributed by atoms with Crippen LogP contribution in [0.2, 0.25) is 5.02 Å². The molecule has 0 unspecified atom stereocenters. The summed E-state index contributed by atoms with van der Waals surface area (Å²) in [5.74, 6) is -0.304. The number of nitrogens with zero attached hydrogens (tertiary/aromatic N) is 1. The highest BCUT2D eigenvalue weighted by molar-refractivity contribution is 6.33. The number of carbonyl (C=O) groups excluding carboxylic acids is 2. The molecule has 0 bridgehead atoms. The van der Waals surface area contributed by atoms with Gasteiger partial charge in [0.05, 0.1) is 17.2 Å². The average Bonchev–Trinajstić information content (AvgIpc) is 2.45. The average molecular weight is 315 g/mol. The van der Waals surface area contributed by atoms with Gasteiger partial charge in [-0.3, -0.25) is 9.59 Å². The minimum atomic E-state index is -0.549. The van der Waals surface area contributed by atoms with Crippen LogP contribution >= 0.6 is 11.6 Å². The van der Waals surface area contributed by atoms with Crippen molar-refractivity contribution in [3.05, 3.63) is 22.8 Å². The Bertz CT molecular complexity index is 496. The van der Waals surface area contributed by atoms with E-state index in [-0.39, 0.29) is 25.7 Å². The Morgan fingerprint density at radius 1 is 1.43 bits per heavy atom. The maximum Gasteiger partial charge on any atom is 0.252 e. The number of hydrogen-bond donors (Lipinski definition) is 3. The summed E-state index contributed by atoms with van der Waals surface area (Å²) in [6.45, 7) is 3.09. The summed E-state index contributed by atoms with van der Waals surface area (Å²) in [6.07, 6.45) is 2.40. The molecular formula is C13H19ClN4O3. The Kier molecular flexibility index (Phi) is 7.49. The van der Waals surface area contributed by atoms with E-state index in [0.717, 1.165) is 13.0 Å². The molecule has 0 spiro atoms. The van der Waals surface area contributed by atoms with E-state index in [9.17, 15) is 9.59 Å². The number of anilines is 1. The standard InChI is InChI=1S/C13H19ClN4O3/c1-2-3-16-12-10(14)6-9(7-18-12)13(20)17-4-5-21-8-11(15)19/h6-7H,2-5,8H2,1H3,(H2,15,19)(H,16,18)(H,17,20). The number of halogens is 1. The third kappa shape index (κ3) is 6.42. The SMILES string of the molecule is CCCNc1ncc(C(=O)NCCOCC(N)=O)cc1Cl. The molecule has 1 heterocycles. The van der Waals surface area contributed by atoms with Gasteiger partial charge >= 0.3 is 0 Å². The maximum atomic E-state index is 11.8. The van der Waals surface area contributed by atoms with Crippen LogP contribution in [0.1, 0.15) is 23.7 Å². The molecule has 4 N–H and O–H groups in total. The Hall–Kier alpha value is -1.86. The Labute approximate surface area is 128 Å². The zero-order valence-corrected chi connectivity index (χ0v) is 12.6. The lowest BCUT2D eigenvalue weighted by molar-refractivity contribution is -0.122. The number of primary amides is 1. The van der Waals surface area contributed by atoms with E-state index in [4.69, 9.17) is 22.1 Å². The monoisotopic (exact) mass is 314 g/mol. The molecule has 0 aliphatic carbocycles. The van der Waals surface area contributed by atoms with Crippen LogP contribution in [0.3, 0.4) is 0 Å². The van der Waals surface area contributed by atoms with Crippen molar-refractivity contribution in [2.75, 3.05) is 31.6 Å². The van der Waals surface area contributed by atoms with Crippen molar-refractivity contribution in [2.24, 2.45) is 5.73 Å². The topological polar surface area (TPSA) is 106 Å². The van der Waals surface area contributed by atoms with Gasteiger partial charge in [0.2, 0.25) is 5.91 Å². The first kappa shape index (κ1) is 17.2. The fraction of sp³-hybridized carbons (Fsp3) is 0.462. The minimum Gasteiger partial charge on any atom is -0.370 e. The molecule has 0 aliphatic heterocycles. The molecule has 21 heavy (non-hydrogen) atoms. The van der Waals surface area contributed by atoms with E-state index < -0.39 is 5.91 Å². The predicted molar refractivity (Wildman–Crippen MR) is 80.4 cm³/mol. The number of nitrogens with one attached hydrogen (secondary N) is 2.